The molecule has 6 aromatic heterocycles. The Morgan fingerprint density at radius 1 is 0.445 bits per heavy atom. The number of aromatic nitrogens is 12. The average Bonchev–Trinajstić information content (AvgIpc) is 1.62. The number of nitrogens with zero attached hydrogens (tertiary/aromatic N) is 12. The lowest BCUT2D eigenvalue weighted by molar-refractivity contribution is -0.118. The second kappa shape index (κ2) is 37.6. The van der Waals surface area contributed by atoms with Crippen LogP contribution in [0.2, 0.25) is 0 Å². The minimum Gasteiger partial charge on any atom is -0.457 e. The fraction of sp³-hybridized carbons (Fsp3) is 0.289. The van der Waals surface area contributed by atoms with Gasteiger partial charge in [0.1, 0.15) is 88.0 Å². The summed E-state index contributed by atoms with van der Waals surface area (Å²) in [6, 6.07) is 52.8. The van der Waals surface area contributed by atoms with Crippen LogP contribution < -0.4 is 46.8 Å². The first-order valence-electron chi connectivity index (χ1n) is 35.7. The number of nitrogens with two attached hydrogens (primary N) is 3. The second-order valence-electron chi connectivity index (χ2n) is 26.3. The van der Waals surface area contributed by atoms with Gasteiger partial charge in [-0.15, -0.1) is 0 Å². The molecule has 0 atom stereocenters. The lowest BCUT2D eigenvalue weighted by Crippen LogP contribution is -2.37. The number of nitrogens with one attached hydrogen (secondary N) is 3. The molecule has 3 saturated carbocycles. The Bertz CT molecular complexity index is 5190. The Kier molecular flexibility index (Phi) is 27.4. The number of carbonyl (C=O) groups is 2. The Balaban J connectivity index is 0.000000173. The van der Waals surface area contributed by atoms with Gasteiger partial charge in [-0.2, -0.15) is 15.3 Å². The molecule has 3 aliphatic carbocycles. The Morgan fingerprint density at radius 3 is 1.05 bits per heavy atom. The molecule has 6 aromatic carbocycles. The molecule has 3 fully saturated rings. The van der Waals surface area contributed by atoms with Crippen molar-refractivity contribution in [3.63, 3.8) is 0 Å². The maximum Gasteiger partial charge on any atom is 0.243 e. The van der Waals surface area contributed by atoms with Crippen molar-refractivity contribution >= 4 is 72.4 Å². The highest BCUT2D eigenvalue weighted by Gasteiger charge is 2.32. The van der Waals surface area contributed by atoms with Gasteiger partial charge in [0.2, 0.25) is 21.8 Å². The van der Waals surface area contributed by atoms with Gasteiger partial charge in [0, 0.05) is 53.4 Å². The minimum absolute atomic E-state index is 0. The normalized spacial score (nSPS) is 17.6. The summed E-state index contributed by atoms with van der Waals surface area (Å²) in [7, 11) is -1.85. The zero-order valence-electron chi connectivity index (χ0n) is 59.3. The van der Waals surface area contributed by atoms with E-state index in [9.17, 15) is 18.0 Å². The quantitative estimate of drug-likeness (QED) is 0.0364. The van der Waals surface area contributed by atoms with Crippen molar-refractivity contribution in [3.05, 3.63) is 219 Å². The van der Waals surface area contributed by atoms with E-state index in [1.54, 1.807) is 25.3 Å². The molecule has 27 heteroatoms. The van der Waals surface area contributed by atoms with Crippen LogP contribution in [-0.4, -0.2) is 111 Å². The Morgan fingerprint density at radius 2 is 0.745 bits per heavy atom. The number of benzene rings is 6. The number of amides is 2. The number of carbonyl (C=O) groups excluding carboxylic acids is 2. The van der Waals surface area contributed by atoms with E-state index in [4.69, 9.17) is 51.4 Å². The molecule has 3 aliphatic rings. The van der Waals surface area contributed by atoms with Crippen molar-refractivity contribution in [2.75, 3.05) is 30.9 Å². The fourth-order valence-electron chi connectivity index (χ4n) is 13.8. The lowest BCUT2D eigenvalue weighted by atomic mass is 9.91. The molecular formula is C83H96N18O8S. The monoisotopic (exact) mass is 1500 g/mol. The second-order valence-corrected chi connectivity index (χ2v) is 28.0. The third-order valence-corrected chi connectivity index (χ3v) is 20.2. The SMILES string of the molecule is C.C.C.C/C=C/C(=O)NC1CCC(n2nc(-c3ccc(Oc4ccccc4)cc3)c3c(N)ncnc32)CC1.C=CS(=O)(=O)NC1CCC(n2nc(-c3ccc(Oc4ccccc4)cc3)c3c(N)ncnc32)CC1.COC/C=C/C(=O)NC1CCC(n2nc(-c3ccc(Oc4ccccc4)cc3)c3c(N)ncnc32)CC1. The van der Waals surface area contributed by atoms with Crippen molar-refractivity contribution in [1.29, 1.82) is 0 Å². The molecule has 9 N–H and O–H groups in total. The largest absolute Gasteiger partial charge is 0.457 e. The topological polar surface area (TPSA) is 350 Å². The molecule has 0 bridgehead atoms. The number of sulfonamides is 1. The van der Waals surface area contributed by atoms with Crippen LogP contribution in [0.25, 0.3) is 66.9 Å². The predicted octanol–water partition coefficient (Wildman–Crippen LogP) is 16.0. The van der Waals surface area contributed by atoms with E-state index in [0.29, 0.717) is 59.4 Å². The van der Waals surface area contributed by atoms with Gasteiger partial charge in [-0.3, -0.25) is 9.59 Å². The minimum atomic E-state index is -3.45. The number of hydrogen-bond donors (Lipinski definition) is 6. The third-order valence-electron chi connectivity index (χ3n) is 19.1. The van der Waals surface area contributed by atoms with Crippen molar-refractivity contribution in [2.45, 2.75) is 143 Å². The van der Waals surface area contributed by atoms with Gasteiger partial charge in [-0.1, -0.05) is 95.6 Å². The fourth-order valence-corrected chi connectivity index (χ4v) is 14.6. The first-order valence-corrected chi connectivity index (χ1v) is 37.2. The molecule has 110 heavy (non-hydrogen) atoms. The van der Waals surface area contributed by atoms with Crippen LogP contribution in [0.1, 0.15) is 124 Å². The molecule has 2 amide bonds. The highest BCUT2D eigenvalue weighted by molar-refractivity contribution is 7.92. The molecule has 0 unspecified atom stereocenters. The number of anilines is 3. The van der Waals surface area contributed by atoms with E-state index in [2.05, 4.69) is 51.8 Å². The molecule has 0 saturated heterocycles. The van der Waals surface area contributed by atoms with Gasteiger partial charge in [-0.25, -0.2) is 57.1 Å². The Labute approximate surface area is 641 Å². The van der Waals surface area contributed by atoms with Gasteiger partial charge >= 0.3 is 0 Å². The third kappa shape index (κ3) is 19.6. The summed E-state index contributed by atoms with van der Waals surface area (Å²) in [5.74, 6) is 5.57. The first-order chi connectivity index (χ1) is 52.2. The molecule has 15 rings (SSSR count). The van der Waals surface area contributed by atoms with Crippen LogP contribution in [-0.2, 0) is 24.3 Å². The van der Waals surface area contributed by atoms with E-state index in [1.165, 1.54) is 25.1 Å². The van der Waals surface area contributed by atoms with Gasteiger partial charge in [0.25, 0.3) is 0 Å². The number of fused-ring (bicyclic) bond motifs is 3. The van der Waals surface area contributed by atoms with Gasteiger partial charge < -0.3 is 46.8 Å². The van der Waals surface area contributed by atoms with E-state index >= 15 is 0 Å². The van der Waals surface area contributed by atoms with Crippen LogP contribution in [0.15, 0.2) is 219 Å². The summed E-state index contributed by atoms with van der Waals surface area (Å²) in [5.41, 5.74) is 25.9. The highest BCUT2D eigenvalue weighted by atomic mass is 32.2. The van der Waals surface area contributed by atoms with E-state index in [0.717, 1.165) is 149 Å². The molecule has 572 valence electrons. The summed E-state index contributed by atoms with van der Waals surface area (Å²) in [5, 5.41) is 24.2. The van der Waals surface area contributed by atoms with Crippen LogP contribution in [0.4, 0.5) is 17.5 Å². The van der Waals surface area contributed by atoms with E-state index in [-0.39, 0.29) is 70.3 Å². The maximum atomic E-state index is 12.1. The molecule has 6 heterocycles. The number of ether oxygens (including phenoxy) is 4. The zero-order chi connectivity index (χ0) is 74.2. The van der Waals surface area contributed by atoms with E-state index in [1.807, 2.05) is 185 Å². The number of para-hydroxylation sites is 3. The Hall–Kier alpha value is -12.2. The number of methoxy groups -OCH3 is 1. The highest BCUT2D eigenvalue weighted by Crippen LogP contribution is 2.41. The molecule has 0 spiro atoms. The molecular weight excluding hydrogens is 1410 g/mol. The van der Waals surface area contributed by atoms with Gasteiger partial charge in [0.15, 0.2) is 16.9 Å². The van der Waals surface area contributed by atoms with Crippen LogP contribution in [0, 0.1) is 0 Å². The van der Waals surface area contributed by atoms with Crippen LogP contribution >= 0.6 is 0 Å². The zero-order valence-corrected chi connectivity index (χ0v) is 60.2. The first kappa shape index (κ1) is 80.3. The summed E-state index contributed by atoms with van der Waals surface area (Å²) >= 11 is 0. The molecule has 12 aromatic rings. The van der Waals surface area contributed by atoms with E-state index < -0.39 is 10.0 Å². The standard InChI is InChI=1S/C28H30N6O3.C27H28N6O2.C25H26N6O3S.3CH4/c1-36-17-5-8-24(35)32-20-11-13-21(14-12-20)34-28-25(27(29)30-18-31-28)26(33-34)19-9-15-23(16-10-19)37-22-6-3-2-4-7-22;1-2-6-23(34)31-19-11-13-20(14-12-19)33-27-24(26(28)29-17-30-27)25(32-33)18-9-15-22(16-10-18)35-21-7-4-3-5-8-21;1-2-35(32,33)30-18-10-12-19(13-11-18)31-25-22(24(26)27-16-28-25)23(29-31)17-8-14-21(15-9-17)34-20-6-4-3-5-7-20;;;/h2-10,15-16,18,20-21H,11-14,17H2,1H3,(H,32,35)(H2,29,30,31);2-10,15-17,19-20H,11-14H2,1H3,(H,31,34)(H2,28,29,30);2-9,14-16,18-19,30H,1,10-13H2,(H2,26,27,28);3*1H4/b8-5+;6-2+;;;;. The molecule has 26 nitrogen and oxygen atoms in total. The van der Waals surface area contributed by atoms with Gasteiger partial charge in [0.05, 0.1) is 40.9 Å². The van der Waals surface area contributed by atoms with Crippen molar-refractivity contribution in [3.8, 4) is 68.3 Å². The van der Waals surface area contributed by atoms with Crippen molar-refractivity contribution < 1.29 is 37.0 Å². The average molecular weight is 1510 g/mol. The molecule has 0 radical (unpaired) electrons. The summed E-state index contributed by atoms with van der Waals surface area (Å²) in [6.45, 7) is 5.62. The molecule has 0 aliphatic heterocycles. The smallest absolute Gasteiger partial charge is 0.243 e. The number of allylic oxidation sites excluding steroid dienone is 1. The predicted molar refractivity (Wildman–Crippen MR) is 434 cm³/mol. The summed E-state index contributed by atoms with van der Waals surface area (Å²) in [6.07, 6.45) is 20.9. The lowest BCUT2D eigenvalue weighted by Gasteiger charge is -2.29. The maximum absolute atomic E-state index is 12.1. The van der Waals surface area contributed by atoms with Crippen LogP contribution in [0.3, 0.4) is 0 Å². The van der Waals surface area contributed by atoms with Crippen LogP contribution in [0.5, 0.6) is 34.5 Å². The summed E-state index contributed by atoms with van der Waals surface area (Å²) < 4.78 is 54.9. The van der Waals surface area contributed by atoms with Gasteiger partial charge in [-0.05, 0) is 199 Å². The summed E-state index contributed by atoms with van der Waals surface area (Å²) in [4.78, 5) is 50.2. The van der Waals surface area contributed by atoms with Crippen molar-refractivity contribution in [2.24, 2.45) is 0 Å². The number of rotatable bonds is 21. The van der Waals surface area contributed by atoms with Crippen molar-refractivity contribution in [1.82, 2.24) is 74.6 Å². The number of nitrogen functional groups attached to an aromatic ring is 3. The number of hydrogen-bond acceptors (Lipinski definition) is 20.